The first-order chi connectivity index (χ1) is 13.2. The van der Waals surface area contributed by atoms with Crippen molar-refractivity contribution in [1.82, 2.24) is 15.1 Å². The number of ether oxygens (including phenoxy) is 1. The van der Waals surface area contributed by atoms with Crippen molar-refractivity contribution in [2.45, 2.75) is 31.4 Å². The van der Waals surface area contributed by atoms with Gasteiger partial charge in [-0.05, 0) is 25.0 Å². The zero-order chi connectivity index (χ0) is 18.8. The number of nitrogens with zero attached hydrogens (tertiary/aromatic N) is 4. The fourth-order valence-electron chi connectivity index (χ4n) is 2.92. The molecule has 1 aromatic carbocycles. The summed E-state index contributed by atoms with van der Waals surface area (Å²) in [6.07, 6.45) is 7.28. The number of rotatable bonds is 5. The summed E-state index contributed by atoms with van der Waals surface area (Å²) in [5.74, 6) is 2.45. The van der Waals surface area contributed by atoms with E-state index in [0.717, 1.165) is 17.8 Å². The van der Waals surface area contributed by atoms with Crippen LogP contribution in [0, 0.1) is 12.3 Å². The van der Waals surface area contributed by atoms with Crippen LogP contribution < -0.4 is 4.90 Å². The van der Waals surface area contributed by atoms with Gasteiger partial charge in [0.25, 0.3) is 0 Å². The molecule has 2 aromatic rings. The maximum atomic E-state index is 12.9. The van der Waals surface area contributed by atoms with Crippen molar-refractivity contribution < 1.29 is 14.3 Å². The maximum absolute atomic E-state index is 12.9. The molecule has 1 aliphatic carbocycles. The molecule has 138 valence electrons. The molecule has 0 bridgehead atoms. The molecule has 8 heteroatoms. The summed E-state index contributed by atoms with van der Waals surface area (Å²) in [7, 11) is 0. The number of amides is 2. The molecule has 1 unspecified atom stereocenters. The van der Waals surface area contributed by atoms with Crippen LogP contribution in [0.3, 0.4) is 0 Å². The van der Waals surface area contributed by atoms with Crippen LogP contribution in [-0.4, -0.2) is 46.4 Å². The molecule has 1 saturated carbocycles. The molecule has 1 saturated heterocycles. The normalized spacial score (nSPS) is 19.7. The number of benzene rings is 1. The molecule has 0 N–H and O–H groups in total. The third kappa shape index (κ3) is 3.64. The summed E-state index contributed by atoms with van der Waals surface area (Å²) in [6.45, 7) is 0.615. The highest BCUT2D eigenvalue weighted by molar-refractivity contribution is 7.15. The van der Waals surface area contributed by atoms with E-state index < -0.39 is 12.2 Å². The Hall–Kier alpha value is -2.92. The van der Waals surface area contributed by atoms with E-state index in [9.17, 15) is 9.59 Å². The number of urea groups is 1. The zero-order valence-corrected chi connectivity index (χ0v) is 15.4. The molecule has 2 amide bonds. The Morgan fingerprint density at radius 3 is 2.74 bits per heavy atom. The minimum Gasteiger partial charge on any atom is -0.437 e. The largest absolute Gasteiger partial charge is 0.437 e. The lowest BCUT2D eigenvalue weighted by atomic mass is 10.2. The van der Waals surface area contributed by atoms with Crippen molar-refractivity contribution in [2.75, 3.05) is 18.0 Å². The quantitative estimate of drug-likeness (QED) is 0.587. The highest BCUT2D eigenvalue weighted by Gasteiger charge is 2.39. The van der Waals surface area contributed by atoms with Gasteiger partial charge in [-0.1, -0.05) is 35.5 Å². The van der Waals surface area contributed by atoms with E-state index in [1.807, 2.05) is 6.07 Å². The van der Waals surface area contributed by atoms with Gasteiger partial charge in [-0.2, -0.15) is 0 Å². The molecule has 7 nitrogen and oxygen atoms in total. The van der Waals surface area contributed by atoms with E-state index in [0.29, 0.717) is 29.6 Å². The van der Waals surface area contributed by atoms with Gasteiger partial charge in [-0.25, -0.2) is 14.5 Å². The van der Waals surface area contributed by atoms with Crippen molar-refractivity contribution in [3.63, 3.8) is 0 Å². The molecule has 27 heavy (non-hydrogen) atoms. The highest BCUT2D eigenvalue weighted by atomic mass is 32.1. The maximum Gasteiger partial charge on any atom is 0.340 e. The summed E-state index contributed by atoms with van der Waals surface area (Å²) in [6, 6.07) is 8.40. The predicted molar refractivity (Wildman–Crippen MR) is 100 cm³/mol. The number of esters is 1. The summed E-state index contributed by atoms with van der Waals surface area (Å²) < 4.78 is 5.65. The molecule has 2 fully saturated rings. The van der Waals surface area contributed by atoms with Crippen molar-refractivity contribution in [3.05, 3.63) is 40.9 Å². The molecular weight excluding hydrogens is 364 g/mol. The summed E-state index contributed by atoms with van der Waals surface area (Å²) in [5, 5.41) is 9.74. The smallest absolute Gasteiger partial charge is 0.340 e. The third-order valence-electron chi connectivity index (χ3n) is 4.51. The van der Waals surface area contributed by atoms with Crippen LogP contribution in [0.25, 0.3) is 0 Å². The Balaban J connectivity index is 1.58. The van der Waals surface area contributed by atoms with Crippen LogP contribution >= 0.6 is 11.3 Å². The predicted octanol–water partition coefficient (Wildman–Crippen LogP) is 2.86. The second kappa shape index (κ2) is 7.37. The first-order valence-corrected chi connectivity index (χ1v) is 9.60. The number of terminal acetylenes is 1. The van der Waals surface area contributed by atoms with Crippen LogP contribution in [0.4, 0.5) is 9.93 Å². The standard InChI is InChI=1S/C19H18N4O3S/c1-2-11-22-12-10-15(26-17(24)14-6-4-3-5-7-14)23(19(22)25)18-21-20-16(27-18)13-8-9-13/h1,3-7,13,15H,8-12H2. The highest BCUT2D eigenvalue weighted by Crippen LogP contribution is 2.43. The summed E-state index contributed by atoms with van der Waals surface area (Å²) >= 11 is 1.37. The van der Waals surface area contributed by atoms with Gasteiger partial charge in [0.15, 0.2) is 6.23 Å². The lowest BCUT2D eigenvalue weighted by molar-refractivity contribution is 0.0223. The topological polar surface area (TPSA) is 75.6 Å². The molecule has 1 atom stereocenters. The fraction of sp³-hybridized carbons (Fsp3) is 0.368. The van der Waals surface area contributed by atoms with Crippen LogP contribution in [0.15, 0.2) is 30.3 Å². The lowest BCUT2D eigenvalue weighted by Gasteiger charge is -2.38. The van der Waals surface area contributed by atoms with E-state index >= 15 is 0 Å². The number of carbonyl (C=O) groups is 2. The number of carbonyl (C=O) groups excluding carboxylic acids is 2. The average Bonchev–Trinajstić information content (AvgIpc) is 3.43. The zero-order valence-electron chi connectivity index (χ0n) is 14.6. The molecule has 0 spiro atoms. The van der Waals surface area contributed by atoms with Crippen LogP contribution in [-0.2, 0) is 4.74 Å². The molecule has 1 aliphatic heterocycles. The minimum atomic E-state index is -0.737. The number of aromatic nitrogens is 2. The summed E-state index contributed by atoms with van der Waals surface area (Å²) in [5.41, 5.74) is 0.437. The van der Waals surface area contributed by atoms with E-state index in [1.165, 1.54) is 16.2 Å². The van der Waals surface area contributed by atoms with Crippen molar-refractivity contribution in [1.29, 1.82) is 0 Å². The van der Waals surface area contributed by atoms with Gasteiger partial charge in [0.2, 0.25) is 5.13 Å². The molecule has 0 radical (unpaired) electrons. The SMILES string of the molecule is C#CCN1CCC(OC(=O)c2ccccc2)N(c2nnc(C3CC3)s2)C1=O. The van der Waals surface area contributed by atoms with Gasteiger partial charge in [0, 0.05) is 18.9 Å². The van der Waals surface area contributed by atoms with Crippen LogP contribution in [0.1, 0.15) is 40.5 Å². The molecule has 1 aromatic heterocycles. The van der Waals surface area contributed by atoms with Gasteiger partial charge in [0.1, 0.15) is 5.01 Å². The Morgan fingerprint density at radius 1 is 1.26 bits per heavy atom. The van der Waals surface area contributed by atoms with Crippen molar-refractivity contribution in [3.8, 4) is 12.3 Å². The van der Waals surface area contributed by atoms with Gasteiger partial charge >= 0.3 is 12.0 Å². The van der Waals surface area contributed by atoms with E-state index in [-0.39, 0.29) is 12.6 Å². The van der Waals surface area contributed by atoms with Gasteiger partial charge < -0.3 is 9.64 Å². The number of anilines is 1. The Bertz CT molecular complexity index is 888. The third-order valence-corrected chi connectivity index (χ3v) is 5.59. The second-order valence-corrected chi connectivity index (χ2v) is 7.48. The van der Waals surface area contributed by atoms with E-state index in [4.69, 9.17) is 11.2 Å². The number of hydrogen-bond acceptors (Lipinski definition) is 6. The Labute approximate surface area is 160 Å². The van der Waals surface area contributed by atoms with Crippen molar-refractivity contribution >= 4 is 28.5 Å². The summed E-state index contributed by atoms with van der Waals surface area (Å²) in [4.78, 5) is 28.4. The Kier molecular flexibility index (Phi) is 4.77. The molecule has 2 heterocycles. The molecule has 2 aliphatic rings. The van der Waals surface area contributed by atoms with Crippen LogP contribution in [0.5, 0.6) is 0 Å². The molecule has 4 rings (SSSR count). The van der Waals surface area contributed by atoms with E-state index in [2.05, 4.69) is 16.1 Å². The first kappa shape index (κ1) is 17.5. The average molecular weight is 382 g/mol. The van der Waals surface area contributed by atoms with Crippen molar-refractivity contribution in [2.24, 2.45) is 0 Å². The second-order valence-electron chi connectivity index (χ2n) is 6.49. The monoisotopic (exact) mass is 382 g/mol. The lowest BCUT2D eigenvalue weighted by Crippen LogP contribution is -2.56. The first-order valence-electron chi connectivity index (χ1n) is 8.78. The Morgan fingerprint density at radius 2 is 2.04 bits per heavy atom. The van der Waals surface area contributed by atoms with Crippen LogP contribution in [0.2, 0.25) is 0 Å². The van der Waals surface area contributed by atoms with Gasteiger partial charge in [-0.15, -0.1) is 16.6 Å². The molecular formula is C19H18N4O3S. The minimum absolute atomic E-state index is 0.197. The fourth-order valence-corrected chi connectivity index (χ4v) is 3.97. The number of hydrogen-bond donors (Lipinski definition) is 0. The van der Waals surface area contributed by atoms with Gasteiger partial charge in [0.05, 0.1) is 12.1 Å². The van der Waals surface area contributed by atoms with E-state index in [1.54, 1.807) is 29.2 Å². The van der Waals surface area contributed by atoms with Gasteiger partial charge in [-0.3, -0.25) is 0 Å².